The molecule has 9 amide bonds. The second-order valence-electron chi connectivity index (χ2n) is 30.9. The Morgan fingerprint density at radius 1 is 0.586 bits per heavy atom. The van der Waals surface area contributed by atoms with Gasteiger partial charge < -0.3 is 113 Å². The van der Waals surface area contributed by atoms with Gasteiger partial charge in [0.25, 0.3) is 5.91 Å². The Hall–Kier alpha value is -10.8. The molecule has 0 radical (unpaired) electrons. The molecule has 14 atom stereocenters. The Balaban J connectivity index is 0.920. The first-order valence-electron chi connectivity index (χ1n) is 37.8. The number of halogens is 3. The van der Waals surface area contributed by atoms with Crippen molar-refractivity contribution in [2.75, 3.05) is 13.6 Å². The van der Waals surface area contributed by atoms with Crippen molar-refractivity contribution >= 4 is 88.0 Å². The minimum Gasteiger partial charge on any atom is -0.508 e. The number of ether oxygens (including phenoxy) is 4. The van der Waals surface area contributed by atoms with Gasteiger partial charge in [-0.15, -0.1) is 0 Å². The second-order valence-corrected chi connectivity index (χ2v) is 32.2. The summed E-state index contributed by atoms with van der Waals surface area (Å²) < 4.78 is 26.1. The lowest BCUT2D eigenvalue weighted by atomic mass is 9.54. The summed E-state index contributed by atoms with van der Waals surface area (Å²) in [6, 6.07) is 13.9. The highest BCUT2D eigenvalue weighted by Gasteiger charge is 2.51. The predicted octanol–water partition coefficient (Wildman–Crippen LogP) is 5.48. The normalized spacial score (nSPS) is 27.7. The van der Waals surface area contributed by atoms with Crippen LogP contribution in [0.25, 0.3) is 22.3 Å². The third kappa shape index (κ3) is 17.1. The molecule has 4 saturated carbocycles. The molecular weight excluding hydrogens is 1570 g/mol. The van der Waals surface area contributed by atoms with E-state index in [1.165, 1.54) is 31.3 Å². The predicted molar refractivity (Wildman–Crippen MR) is 416 cm³/mol. The molecule has 6 aliphatic heterocycles. The van der Waals surface area contributed by atoms with Crippen molar-refractivity contribution in [2.24, 2.45) is 35.3 Å². The smallest absolute Gasteiger partial charge is 0.251 e. The van der Waals surface area contributed by atoms with Crippen LogP contribution >= 0.6 is 34.8 Å². The van der Waals surface area contributed by atoms with Crippen LogP contribution < -0.4 is 67.8 Å². The van der Waals surface area contributed by atoms with Gasteiger partial charge >= 0.3 is 0 Å². The molecule has 31 nitrogen and oxygen atoms in total. The number of aromatic hydroxyl groups is 3. The van der Waals surface area contributed by atoms with E-state index in [1.54, 1.807) is 48.5 Å². The van der Waals surface area contributed by atoms with Crippen LogP contribution in [0.2, 0.25) is 15.1 Å². The number of hydrogen-bond donors (Lipinski definition) is 18. The first-order valence-corrected chi connectivity index (χ1v) is 38.9. The quantitative estimate of drug-likeness (QED) is 0.0604. The van der Waals surface area contributed by atoms with Crippen LogP contribution in [0.1, 0.15) is 127 Å². The van der Waals surface area contributed by atoms with Crippen molar-refractivity contribution < 1.29 is 103 Å². The number of phenols is 3. The molecule has 6 heterocycles. The van der Waals surface area contributed by atoms with E-state index in [4.69, 9.17) is 59.5 Å². The number of likely N-dealkylation sites (N-methyl/N-ethyl adjacent to an activating group) is 1. The standard InChI is InChI=1S/C82H85Cl3N10O21/c1-33(2)18-51(87-3)75(106)94-66-68(100)40-11-16-55(49(84)25-40)113-57-27-44-28-58(73(57)116-82-72(104)71(103)70(102)59(115-82)32-88-74(105)38-6-4-36(5-7-38)37-8-13-45(83)14-9-37)114-56-17-12-41(26-50(56)85)69(101)67-81(112)93-65(79(110)90-62-42-20-34-19-35(22-42)23-43(62)21-34)48-29-46(96)30-54(98)61(48)47-24-39(10-15-53(47)97)63(77(108)95-67)92-78(109)64(44)91-76(107)52(31-60(86)99)89-80(66)111/h4-17,24-30,33-35,42-43,51-52,59,62-72,82,87,96-98,100-104H,18-23,31-32H2,1-3H3,(H2,86,99)(H,88,105)(H,89,111)(H,90,110)(H,91,107)(H,92,109)(H,93,112)(H,94,106)(H,95,108)/t34?,35?,42?,43?,51-,52+,59-,62?,63-,64-,65+,66-,67+,68-,69-,70+,71+,72-,82+/m1/s1. The number of nitrogens with one attached hydrogen (secondary N) is 9. The number of amides is 9. The summed E-state index contributed by atoms with van der Waals surface area (Å²) in [7, 11) is 1.49. The Labute approximate surface area is 678 Å². The fourth-order valence-electron chi connectivity index (χ4n) is 16.9. The largest absolute Gasteiger partial charge is 0.508 e. The summed E-state index contributed by atoms with van der Waals surface area (Å²) in [6.45, 7) is 3.11. The average molecular weight is 1650 g/mol. The van der Waals surface area contributed by atoms with Gasteiger partial charge in [-0.25, -0.2) is 0 Å². The number of carbonyl (C=O) groups is 9. The number of rotatable bonds is 15. The number of benzene rings is 7. The van der Waals surface area contributed by atoms with E-state index in [0.29, 0.717) is 16.9 Å². The van der Waals surface area contributed by atoms with Crippen molar-refractivity contribution in [3.63, 3.8) is 0 Å². The Morgan fingerprint density at radius 2 is 1.17 bits per heavy atom. The topological polar surface area (TPSA) is 487 Å². The highest BCUT2D eigenvalue weighted by Crippen LogP contribution is 2.55. The minimum absolute atomic E-state index is 0.0724. The number of primary amides is 1. The van der Waals surface area contributed by atoms with E-state index in [2.05, 4.69) is 47.9 Å². The highest BCUT2D eigenvalue weighted by atomic mass is 35.5. The molecule has 1 saturated heterocycles. The first-order chi connectivity index (χ1) is 55.3. The Morgan fingerprint density at radius 3 is 1.78 bits per heavy atom. The summed E-state index contributed by atoms with van der Waals surface area (Å²) in [4.78, 5) is 135. The second kappa shape index (κ2) is 33.8. The van der Waals surface area contributed by atoms with Gasteiger partial charge in [0.15, 0.2) is 11.5 Å². The number of hydrogen-bond acceptors (Lipinski definition) is 22. The van der Waals surface area contributed by atoms with Crippen LogP contribution in [-0.2, 0) is 43.1 Å². The highest BCUT2D eigenvalue weighted by molar-refractivity contribution is 6.32. The molecule has 34 heteroatoms. The zero-order chi connectivity index (χ0) is 82.6. The minimum atomic E-state index is -2.33. The molecule has 0 spiro atoms. The number of carbonyl (C=O) groups excluding carboxylic acids is 9. The van der Waals surface area contributed by atoms with Crippen molar-refractivity contribution in [1.82, 2.24) is 47.9 Å². The van der Waals surface area contributed by atoms with E-state index in [9.17, 15) is 60.0 Å². The Bertz CT molecular complexity index is 5010. The number of fused-ring (bicyclic) bond motifs is 15. The van der Waals surface area contributed by atoms with Crippen LogP contribution in [0, 0.1) is 29.6 Å². The fraction of sp³-hybridized carbons (Fsp3) is 0.378. The van der Waals surface area contributed by atoms with E-state index in [-0.39, 0.29) is 85.7 Å². The van der Waals surface area contributed by atoms with Gasteiger partial charge in [-0.3, -0.25) is 43.2 Å². The molecule has 0 unspecified atom stereocenters. The van der Waals surface area contributed by atoms with Crippen LogP contribution in [0.3, 0.4) is 0 Å². The summed E-state index contributed by atoms with van der Waals surface area (Å²) in [5.74, 6) is -13.8. The molecular formula is C82H85Cl3N10O21. The zero-order valence-corrected chi connectivity index (χ0v) is 64.7. The van der Waals surface area contributed by atoms with Crippen molar-refractivity contribution in [1.29, 1.82) is 0 Å². The average Bonchev–Trinajstić information content (AvgIpc) is 0.755. The van der Waals surface area contributed by atoms with Crippen molar-refractivity contribution in [2.45, 2.75) is 150 Å². The monoisotopic (exact) mass is 1650 g/mol. The molecule has 19 N–H and O–H groups in total. The van der Waals surface area contributed by atoms with E-state index >= 15 is 24.0 Å². The molecule has 116 heavy (non-hydrogen) atoms. The van der Waals surface area contributed by atoms with Gasteiger partial charge in [0, 0.05) is 40.4 Å². The SMILES string of the molecule is CN[C@H](CC(C)C)C(=O)N[C@H]1C(=O)N[C@@H](CC(N)=O)C(=O)N[C@H]2C(=O)N[C@H]3C(=O)N[C@H](C(=O)N[C@H](C(=O)NC4C5CC6CC(C5)CC4C6)c4cc(O)cc(O)c4-c4cc3ccc4O)[C@H](O)c3ccc(c(Cl)c3)Oc3cc2cc(c3O[C@@H]2O[C@H](CNC(=O)c3ccc(-c4ccc(Cl)cc4)cc3)[C@H](O)[C@H](O)[C@H]2O)Oc2ccc(cc2Cl)[C@H]1O. The van der Waals surface area contributed by atoms with E-state index in [0.717, 1.165) is 97.8 Å². The van der Waals surface area contributed by atoms with E-state index < -0.39 is 196 Å². The van der Waals surface area contributed by atoms with Gasteiger partial charge in [0.1, 0.15) is 102 Å². The lowest BCUT2D eigenvalue weighted by molar-refractivity contribution is -0.270. The fourth-order valence-corrected chi connectivity index (χ4v) is 17.5. The van der Waals surface area contributed by atoms with E-state index in [1.807, 2.05) is 13.8 Å². The molecule has 10 aliphatic rings. The van der Waals surface area contributed by atoms with Crippen LogP contribution in [0.4, 0.5) is 0 Å². The lowest BCUT2D eigenvalue weighted by Crippen LogP contribution is -2.61. The number of aliphatic hydroxyl groups is 5. The molecule has 4 aliphatic carbocycles. The van der Waals surface area contributed by atoms with Gasteiger partial charge in [0.05, 0.1) is 22.5 Å². The van der Waals surface area contributed by atoms with Crippen molar-refractivity contribution in [3.05, 3.63) is 176 Å². The maximum atomic E-state index is 16.3. The third-order valence-corrected chi connectivity index (χ3v) is 23.4. The summed E-state index contributed by atoms with van der Waals surface area (Å²) in [6.07, 6.45) is -10.6. The van der Waals surface area contributed by atoms with Gasteiger partial charge in [-0.2, -0.15) is 0 Å². The summed E-state index contributed by atoms with van der Waals surface area (Å²) in [5.41, 5.74) is 5.44. The molecule has 610 valence electrons. The Kier molecular flexibility index (Phi) is 23.8. The maximum absolute atomic E-state index is 16.3. The lowest BCUT2D eigenvalue weighted by Gasteiger charge is -2.54. The van der Waals surface area contributed by atoms with Crippen LogP contribution in [0.5, 0.6) is 46.0 Å². The molecule has 7 aromatic rings. The number of nitrogens with two attached hydrogens (primary N) is 1. The van der Waals surface area contributed by atoms with Crippen molar-refractivity contribution in [3.8, 4) is 68.2 Å². The molecule has 0 aromatic heterocycles. The van der Waals surface area contributed by atoms with Crippen LogP contribution in [0.15, 0.2) is 127 Å². The van der Waals surface area contributed by atoms with Gasteiger partial charge in [0.2, 0.25) is 59.3 Å². The zero-order valence-electron chi connectivity index (χ0n) is 62.4. The third-order valence-electron chi connectivity index (χ3n) is 22.6. The van der Waals surface area contributed by atoms with Crippen LogP contribution in [-0.4, -0.2) is 169 Å². The molecule has 17 rings (SSSR count). The summed E-state index contributed by atoms with van der Waals surface area (Å²) >= 11 is 20.4. The first kappa shape index (κ1) is 81.7. The summed E-state index contributed by atoms with van der Waals surface area (Å²) in [5, 5.41) is 120. The molecule has 5 fully saturated rings. The number of aliphatic hydroxyl groups excluding tert-OH is 5. The number of phenolic OH excluding ortho intramolecular Hbond substituents is 3. The maximum Gasteiger partial charge on any atom is 0.251 e. The van der Waals surface area contributed by atoms with Gasteiger partial charge in [-0.05, 0) is 193 Å². The molecule has 7 aromatic carbocycles. The van der Waals surface area contributed by atoms with Gasteiger partial charge in [-0.1, -0.05) is 91.1 Å². The molecule has 15 bridgehead atoms.